The number of fused-ring (bicyclic) bond motifs is 9. The van der Waals surface area contributed by atoms with Crippen LogP contribution in [0.4, 0.5) is 17.1 Å². The summed E-state index contributed by atoms with van der Waals surface area (Å²) in [6.45, 7) is 0. The third-order valence-electron chi connectivity index (χ3n) is 11.1. The maximum atomic E-state index is 6.82. The van der Waals surface area contributed by atoms with E-state index in [1.54, 1.807) is 0 Å². The van der Waals surface area contributed by atoms with Crippen LogP contribution in [0.3, 0.4) is 0 Å². The number of ether oxygens (including phenoxy) is 1. The molecule has 4 heteroatoms. The van der Waals surface area contributed by atoms with Crippen molar-refractivity contribution in [3.63, 3.8) is 0 Å². The van der Waals surface area contributed by atoms with E-state index in [2.05, 4.69) is 169 Å². The molecular weight excluding hydrogens is 679 g/mol. The summed E-state index contributed by atoms with van der Waals surface area (Å²) in [7, 11) is 0. The monoisotopic (exact) mass is 707 g/mol. The van der Waals surface area contributed by atoms with Crippen LogP contribution in [-0.4, -0.2) is 0 Å². The average molecular weight is 708 g/mol. The van der Waals surface area contributed by atoms with Gasteiger partial charge in [0.15, 0.2) is 0 Å². The van der Waals surface area contributed by atoms with E-state index >= 15 is 0 Å². The van der Waals surface area contributed by atoms with Gasteiger partial charge in [0, 0.05) is 64.7 Å². The largest absolute Gasteiger partial charge is 0.456 e. The summed E-state index contributed by atoms with van der Waals surface area (Å²) in [5.41, 5.74) is 9.55. The summed E-state index contributed by atoms with van der Waals surface area (Å²) in [6.07, 6.45) is 0. The van der Waals surface area contributed by atoms with Gasteiger partial charge in [-0.1, -0.05) is 109 Å². The fourth-order valence-corrected chi connectivity index (χ4v) is 9.73. The number of thiophene rings is 1. The molecule has 2 aromatic heterocycles. The molecule has 0 saturated heterocycles. The fraction of sp³-hybridized carbons (Fsp3) is 0. The standard InChI is InChI=1S/C50H29NO2S/c1-2-11-34-30(9-1)10-7-14-35(34)31-19-22-38-41-15-8-16-42-43(25-26-45(50(41)42)53-46(38)27-31)51(32-20-23-37-36-12-3-5-17-44(36)52-47(37)28-32)33-21-24-40-39-13-4-6-18-48(39)54-49(40)29-33/h1-29H. The maximum Gasteiger partial charge on any atom is 0.137 e. The molecule has 0 radical (unpaired) electrons. The van der Waals surface area contributed by atoms with E-state index in [-0.39, 0.29) is 0 Å². The van der Waals surface area contributed by atoms with Crippen LogP contribution in [0.1, 0.15) is 0 Å². The Balaban J connectivity index is 1.06. The van der Waals surface area contributed by atoms with Gasteiger partial charge >= 0.3 is 0 Å². The number of hydrogen-bond donors (Lipinski definition) is 0. The van der Waals surface area contributed by atoms with Gasteiger partial charge in [-0.05, 0) is 88.1 Å². The molecule has 1 aliphatic heterocycles. The molecule has 0 bridgehead atoms. The Morgan fingerprint density at radius 1 is 0.407 bits per heavy atom. The van der Waals surface area contributed by atoms with Crippen molar-refractivity contribution < 1.29 is 9.15 Å². The van der Waals surface area contributed by atoms with Crippen molar-refractivity contribution in [3.05, 3.63) is 176 Å². The molecular formula is C50H29NO2S. The molecule has 11 aromatic rings. The van der Waals surface area contributed by atoms with Crippen LogP contribution < -0.4 is 9.64 Å². The summed E-state index contributed by atoms with van der Waals surface area (Å²) in [5.74, 6) is 1.73. The first kappa shape index (κ1) is 29.7. The molecule has 0 N–H and O–H groups in total. The van der Waals surface area contributed by atoms with E-state index in [0.717, 1.165) is 72.4 Å². The number of hydrogen-bond acceptors (Lipinski definition) is 4. The molecule has 0 aliphatic carbocycles. The molecule has 0 spiro atoms. The van der Waals surface area contributed by atoms with E-state index < -0.39 is 0 Å². The zero-order valence-electron chi connectivity index (χ0n) is 28.9. The van der Waals surface area contributed by atoms with Gasteiger partial charge < -0.3 is 14.1 Å². The van der Waals surface area contributed by atoms with Crippen LogP contribution in [-0.2, 0) is 0 Å². The lowest BCUT2D eigenvalue weighted by atomic mass is 9.91. The SMILES string of the molecule is c1ccc2c(-c3ccc4c(c3)Oc3ccc(N(c5ccc6c(c5)oc5ccccc56)c5ccc6c(c5)sc5ccccc56)c5cccc-4c35)cccc2c1. The minimum atomic E-state index is 0.861. The van der Waals surface area contributed by atoms with Gasteiger partial charge in [-0.15, -0.1) is 11.3 Å². The van der Waals surface area contributed by atoms with Crippen LogP contribution in [0.2, 0.25) is 0 Å². The molecule has 3 heterocycles. The number of rotatable bonds is 4. The van der Waals surface area contributed by atoms with Gasteiger partial charge in [-0.3, -0.25) is 0 Å². The molecule has 1 aliphatic rings. The predicted molar refractivity (Wildman–Crippen MR) is 227 cm³/mol. The van der Waals surface area contributed by atoms with Crippen molar-refractivity contribution in [2.75, 3.05) is 4.90 Å². The highest BCUT2D eigenvalue weighted by Gasteiger charge is 2.25. The van der Waals surface area contributed by atoms with E-state index in [0.29, 0.717) is 0 Å². The third kappa shape index (κ3) is 4.35. The van der Waals surface area contributed by atoms with Crippen molar-refractivity contribution in [2.24, 2.45) is 0 Å². The lowest BCUT2D eigenvalue weighted by Gasteiger charge is -2.29. The van der Waals surface area contributed by atoms with E-state index in [4.69, 9.17) is 9.15 Å². The van der Waals surface area contributed by atoms with E-state index in [9.17, 15) is 0 Å². The zero-order chi connectivity index (χ0) is 35.3. The van der Waals surface area contributed by atoms with Crippen LogP contribution in [0.5, 0.6) is 11.5 Å². The molecule has 252 valence electrons. The molecule has 0 saturated carbocycles. The summed E-state index contributed by atoms with van der Waals surface area (Å²) in [6, 6.07) is 63.0. The van der Waals surface area contributed by atoms with Crippen LogP contribution in [0.15, 0.2) is 180 Å². The van der Waals surface area contributed by atoms with Crippen molar-refractivity contribution in [1.29, 1.82) is 0 Å². The third-order valence-corrected chi connectivity index (χ3v) is 12.2. The highest BCUT2D eigenvalue weighted by molar-refractivity contribution is 7.25. The normalized spacial score (nSPS) is 12.2. The molecule has 0 unspecified atom stereocenters. The van der Waals surface area contributed by atoms with Gasteiger partial charge in [0.25, 0.3) is 0 Å². The first-order chi connectivity index (χ1) is 26.7. The van der Waals surface area contributed by atoms with Crippen LogP contribution in [0.25, 0.3) is 85.9 Å². The predicted octanol–water partition coefficient (Wildman–Crippen LogP) is 15.2. The second-order valence-corrected chi connectivity index (χ2v) is 15.1. The summed E-state index contributed by atoms with van der Waals surface area (Å²) >= 11 is 1.84. The number of furan rings is 1. The molecule has 9 aromatic carbocycles. The fourth-order valence-electron chi connectivity index (χ4n) is 8.59. The Hall–Kier alpha value is -6.88. The number of anilines is 3. The molecule has 0 fully saturated rings. The minimum absolute atomic E-state index is 0.861. The zero-order valence-corrected chi connectivity index (χ0v) is 29.7. The van der Waals surface area contributed by atoms with Crippen LogP contribution in [0, 0.1) is 0 Å². The first-order valence-electron chi connectivity index (χ1n) is 18.2. The average Bonchev–Trinajstić information content (AvgIpc) is 3.79. The van der Waals surface area contributed by atoms with E-state index in [1.165, 1.54) is 42.1 Å². The topological polar surface area (TPSA) is 25.6 Å². The molecule has 3 nitrogen and oxygen atoms in total. The second-order valence-electron chi connectivity index (χ2n) is 14.0. The maximum absolute atomic E-state index is 6.82. The Morgan fingerprint density at radius 2 is 1.11 bits per heavy atom. The van der Waals surface area contributed by atoms with Crippen molar-refractivity contribution in [3.8, 4) is 33.8 Å². The van der Waals surface area contributed by atoms with Crippen molar-refractivity contribution >= 4 is 92.1 Å². The Bertz CT molecular complexity index is 3220. The smallest absolute Gasteiger partial charge is 0.137 e. The lowest BCUT2D eigenvalue weighted by molar-refractivity contribution is 0.487. The molecule has 0 atom stereocenters. The minimum Gasteiger partial charge on any atom is -0.456 e. The number of para-hydroxylation sites is 1. The molecule has 54 heavy (non-hydrogen) atoms. The Kier molecular flexibility index (Phi) is 6.21. The summed E-state index contributed by atoms with van der Waals surface area (Å²) < 4.78 is 15.8. The number of benzene rings is 9. The van der Waals surface area contributed by atoms with Gasteiger partial charge in [0.1, 0.15) is 22.7 Å². The lowest BCUT2D eigenvalue weighted by Crippen LogP contribution is -2.11. The Labute approximate surface area is 314 Å². The van der Waals surface area contributed by atoms with Gasteiger partial charge in [-0.25, -0.2) is 0 Å². The van der Waals surface area contributed by atoms with Crippen molar-refractivity contribution in [1.82, 2.24) is 0 Å². The number of nitrogens with zero attached hydrogens (tertiary/aromatic N) is 1. The highest BCUT2D eigenvalue weighted by Crippen LogP contribution is 2.52. The highest BCUT2D eigenvalue weighted by atomic mass is 32.1. The summed E-state index contributed by atoms with van der Waals surface area (Å²) in [5, 5.41) is 9.49. The quantitative estimate of drug-likeness (QED) is 0.182. The Morgan fingerprint density at radius 3 is 2.06 bits per heavy atom. The molecule has 0 amide bonds. The molecule has 12 rings (SSSR count). The van der Waals surface area contributed by atoms with Crippen molar-refractivity contribution in [2.45, 2.75) is 0 Å². The van der Waals surface area contributed by atoms with Crippen LogP contribution >= 0.6 is 11.3 Å². The second kappa shape index (κ2) is 11.3. The van der Waals surface area contributed by atoms with E-state index in [1.807, 2.05) is 23.5 Å². The first-order valence-corrected chi connectivity index (χ1v) is 19.1. The van der Waals surface area contributed by atoms with Gasteiger partial charge in [-0.2, -0.15) is 0 Å². The van der Waals surface area contributed by atoms with Gasteiger partial charge in [0.2, 0.25) is 0 Å². The van der Waals surface area contributed by atoms with Gasteiger partial charge in [0.05, 0.1) is 5.69 Å². The summed E-state index contributed by atoms with van der Waals surface area (Å²) in [4.78, 5) is 2.37.